The highest BCUT2D eigenvalue weighted by molar-refractivity contribution is 4.75. The summed E-state index contributed by atoms with van der Waals surface area (Å²) in [5.41, 5.74) is 0. The predicted molar refractivity (Wildman–Crippen MR) is 77.0 cm³/mol. The van der Waals surface area contributed by atoms with Crippen molar-refractivity contribution in [3.8, 4) is 0 Å². The van der Waals surface area contributed by atoms with Crippen LogP contribution in [0.5, 0.6) is 0 Å². The van der Waals surface area contributed by atoms with Crippen LogP contribution >= 0.6 is 0 Å². The highest BCUT2D eigenvalue weighted by Gasteiger charge is 2.20. The molecule has 0 aliphatic carbocycles. The molecular formula is C14H30N4. The monoisotopic (exact) mass is 254 g/mol. The lowest BCUT2D eigenvalue weighted by Crippen LogP contribution is -2.44. The first-order valence-corrected chi connectivity index (χ1v) is 7.54. The topological polar surface area (TPSA) is 21.8 Å². The molecule has 2 rings (SSSR count). The Morgan fingerprint density at radius 2 is 2.00 bits per heavy atom. The van der Waals surface area contributed by atoms with Gasteiger partial charge in [-0.2, -0.15) is 0 Å². The van der Waals surface area contributed by atoms with Crippen LogP contribution in [0.2, 0.25) is 0 Å². The van der Waals surface area contributed by atoms with Gasteiger partial charge in [0, 0.05) is 39.3 Å². The summed E-state index contributed by atoms with van der Waals surface area (Å²) in [6, 6.07) is 0. The molecule has 2 aliphatic heterocycles. The van der Waals surface area contributed by atoms with Gasteiger partial charge in [-0.1, -0.05) is 0 Å². The van der Waals surface area contributed by atoms with Crippen molar-refractivity contribution in [2.24, 2.45) is 5.92 Å². The second-order valence-electron chi connectivity index (χ2n) is 6.12. The third kappa shape index (κ3) is 4.84. The fourth-order valence-electron chi connectivity index (χ4n) is 3.21. The average molecular weight is 254 g/mol. The molecule has 0 saturated carbocycles. The van der Waals surface area contributed by atoms with Gasteiger partial charge in [0.25, 0.3) is 0 Å². The van der Waals surface area contributed by atoms with Gasteiger partial charge in [0.1, 0.15) is 0 Å². The second kappa shape index (κ2) is 7.43. The maximum atomic E-state index is 3.41. The van der Waals surface area contributed by atoms with E-state index in [2.05, 4.69) is 34.1 Å². The lowest BCUT2D eigenvalue weighted by atomic mass is 10.1. The first-order valence-electron chi connectivity index (χ1n) is 7.54. The molecule has 106 valence electrons. The lowest BCUT2D eigenvalue weighted by Gasteiger charge is -2.28. The number of nitrogens with one attached hydrogen (secondary N) is 1. The van der Waals surface area contributed by atoms with Crippen molar-refractivity contribution in [3.63, 3.8) is 0 Å². The first kappa shape index (κ1) is 14.3. The number of nitrogens with zero attached hydrogens (tertiary/aromatic N) is 3. The number of hydrogen-bond donors (Lipinski definition) is 1. The van der Waals surface area contributed by atoms with E-state index >= 15 is 0 Å². The molecule has 18 heavy (non-hydrogen) atoms. The zero-order valence-electron chi connectivity index (χ0n) is 12.2. The van der Waals surface area contributed by atoms with Gasteiger partial charge in [0.05, 0.1) is 0 Å². The predicted octanol–water partition coefficient (Wildman–Crippen LogP) is 0.165. The van der Waals surface area contributed by atoms with E-state index in [9.17, 15) is 0 Å². The molecule has 0 radical (unpaired) electrons. The molecule has 0 aromatic heterocycles. The lowest BCUT2D eigenvalue weighted by molar-refractivity contribution is 0.213. The Labute approximate surface area is 112 Å². The highest BCUT2D eigenvalue weighted by atomic mass is 15.2. The Bertz CT molecular complexity index is 228. The molecule has 0 amide bonds. The quantitative estimate of drug-likeness (QED) is 0.729. The van der Waals surface area contributed by atoms with Crippen LogP contribution in [0.25, 0.3) is 0 Å². The zero-order valence-corrected chi connectivity index (χ0v) is 12.2. The molecule has 4 heteroatoms. The van der Waals surface area contributed by atoms with E-state index < -0.39 is 0 Å². The van der Waals surface area contributed by atoms with Crippen molar-refractivity contribution < 1.29 is 0 Å². The van der Waals surface area contributed by atoms with Gasteiger partial charge < -0.3 is 20.0 Å². The second-order valence-corrected chi connectivity index (χ2v) is 6.12. The summed E-state index contributed by atoms with van der Waals surface area (Å²) >= 11 is 0. The van der Waals surface area contributed by atoms with E-state index in [0.29, 0.717) is 0 Å². The van der Waals surface area contributed by atoms with Crippen LogP contribution < -0.4 is 5.32 Å². The molecule has 0 aromatic rings. The maximum absolute atomic E-state index is 3.41. The van der Waals surface area contributed by atoms with E-state index in [-0.39, 0.29) is 0 Å². The van der Waals surface area contributed by atoms with Gasteiger partial charge in [-0.15, -0.1) is 0 Å². The van der Waals surface area contributed by atoms with Crippen molar-refractivity contribution in [1.29, 1.82) is 0 Å². The SMILES string of the molecule is CN(CCCN1CCNCC1)CC1CCN(C)C1. The van der Waals surface area contributed by atoms with Gasteiger partial charge >= 0.3 is 0 Å². The molecule has 0 bridgehead atoms. The Morgan fingerprint density at radius 1 is 1.22 bits per heavy atom. The summed E-state index contributed by atoms with van der Waals surface area (Å²) in [6.07, 6.45) is 2.71. The van der Waals surface area contributed by atoms with Gasteiger partial charge in [-0.05, 0) is 52.5 Å². The highest BCUT2D eigenvalue weighted by Crippen LogP contribution is 2.15. The van der Waals surface area contributed by atoms with E-state index in [1.165, 1.54) is 71.7 Å². The molecule has 0 aromatic carbocycles. The number of rotatable bonds is 6. The van der Waals surface area contributed by atoms with Crippen LogP contribution in [-0.2, 0) is 0 Å². The summed E-state index contributed by atoms with van der Waals surface area (Å²) < 4.78 is 0. The van der Waals surface area contributed by atoms with Gasteiger partial charge in [-0.25, -0.2) is 0 Å². The molecule has 0 spiro atoms. The summed E-state index contributed by atoms with van der Waals surface area (Å²) in [5, 5.41) is 3.41. The van der Waals surface area contributed by atoms with E-state index in [0.717, 1.165) is 5.92 Å². The molecule has 2 fully saturated rings. The third-order valence-corrected chi connectivity index (χ3v) is 4.28. The van der Waals surface area contributed by atoms with Crippen LogP contribution in [0.3, 0.4) is 0 Å². The van der Waals surface area contributed by atoms with Crippen LogP contribution in [0.15, 0.2) is 0 Å². The van der Waals surface area contributed by atoms with Gasteiger partial charge in [0.2, 0.25) is 0 Å². The molecule has 1 atom stereocenters. The molecule has 4 nitrogen and oxygen atoms in total. The molecule has 1 N–H and O–H groups in total. The van der Waals surface area contributed by atoms with E-state index in [1.54, 1.807) is 0 Å². The fourth-order valence-corrected chi connectivity index (χ4v) is 3.21. The van der Waals surface area contributed by atoms with Crippen molar-refractivity contribution in [2.75, 3.05) is 73.0 Å². The van der Waals surface area contributed by atoms with Crippen molar-refractivity contribution >= 4 is 0 Å². The third-order valence-electron chi connectivity index (χ3n) is 4.28. The van der Waals surface area contributed by atoms with Crippen molar-refractivity contribution in [2.45, 2.75) is 12.8 Å². The molecule has 2 heterocycles. The van der Waals surface area contributed by atoms with Gasteiger partial charge in [-0.3, -0.25) is 0 Å². The summed E-state index contributed by atoms with van der Waals surface area (Å²) in [4.78, 5) is 7.58. The summed E-state index contributed by atoms with van der Waals surface area (Å²) in [7, 11) is 4.53. The number of hydrogen-bond acceptors (Lipinski definition) is 4. The van der Waals surface area contributed by atoms with Crippen LogP contribution in [-0.4, -0.2) is 87.7 Å². The van der Waals surface area contributed by atoms with E-state index in [1.807, 2.05) is 0 Å². The first-order chi connectivity index (χ1) is 8.74. The molecule has 1 unspecified atom stereocenters. The van der Waals surface area contributed by atoms with Gasteiger partial charge in [0.15, 0.2) is 0 Å². The Hall–Kier alpha value is -0.160. The average Bonchev–Trinajstić information content (AvgIpc) is 2.76. The smallest absolute Gasteiger partial charge is 0.0107 e. The maximum Gasteiger partial charge on any atom is 0.0107 e. The molecule has 2 aliphatic rings. The minimum atomic E-state index is 0.902. The van der Waals surface area contributed by atoms with Crippen LogP contribution in [0.4, 0.5) is 0 Å². The largest absolute Gasteiger partial charge is 0.314 e. The zero-order chi connectivity index (χ0) is 12.8. The number of piperazine rings is 1. The Balaban J connectivity index is 1.52. The Morgan fingerprint density at radius 3 is 2.67 bits per heavy atom. The summed E-state index contributed by atoms with van der Waals surface area (Å²) in [6.45, 7) is 11.2. The number of likely N-dealkylation sites (tertiary alicyclic amines) is 1. The van der Waals surface area contributed by atoms with Crippen molar-refractivity contribution in [1.82, 2.24) is 20.0 Å². The van der Waals surface area contributed by atoms with Crippen LogP contribution in [0.1, 0.15) is 12.8 Å². The van der Waals surface area contributed by atoms with Crippen molar-refractivity contribution in [3.05, 3.63) is 0 Å². The Kier molecular flexibility index (Phi) is 5.89. The molecule has 2 saturated heterocycles. The fraction of sp³-hybridized carbons (Fsp3) is 1.00. The van der Waals surface area contributed by atoms with Crippen LogP contribution in [0, 0.1) is 5.92 Å². The standard InChI is InChI=1S/C14H30N4/c1-16(12-14-4-9-17(2)13-14)7-3-8-18-10-5-15-6-11-18/h14-15H,3-13H2,1-2H3. The normalized spacial score (nSPS) is 27.2. The molecular weight excluding hydrogens is 224 g/mol. The minimum Gasteiger partial charge on any atom is -0.314 e. The summed E-state index contributed by atoms with van der Waals surface area (Å²) in [5.74, 6) is 0.902. The van der Waals surface area contributed by atoms with E-state index in [4.69, 9.17) is 0 Å². The minimum absolute atomic E-state index is 0.902.